The predicted octanol–water partition coefficient (Wildman–Crippen LogP) is 4.39. The average molecular weight is 474 g/mol. The van der Waals surface area contributed by atoms with Crippen molar-refractivity contribution in [3.8, 4) is 0 Å². The second-order valence-corrected chi connectivity index (χ2v) is 7.13. The molecule has 124 valence electrons. The smallest absolute Gasteiger partial charge is 0.278 e. The number of aromatic amines is 1. The summed E-state index contributed by atoms with van der Waals surface area (Å²) in [5, 5.41) is 14.5. The first-order valence-corrected chi connectivity index (χ1v) is 8.90. The summed E-state index contributed by atoms with van der Waals surface area (Å²) in [6.07, 6.45) is 0. The highest BCUT2D eigenvalue weighted by atomic mass is 79.9. The molecule has 0 radical (unpaired) electrons. The van der Waals surface area contributed by atoms with Crippen molar-refractivity contribution in [3.63, 3.8) is 0 Å². The van der Waals surface area contributed by atoms with Crippen molar-refractivity contribution in [2.75, 3.05) is 5.32 Å². The van der Waals surface area contributed by atoms with E-state index >= 15 is 0 Å². The Kier molecular flexibility index (Phi) is 5.07. The number of benzene rings is 1. The molecule has 1 aromatic carbocycles. The normalized spacial score (nSPS) is 10.8. The number of aryl methyl sites for hydroxylation is 1. The molecule has 9 heteroatoms. The van der Waals surface area contributed by atoms with Gasteiger partial charge in [-0.1, -0.05) is 23.7 Å². The third-order valence-corrected chi connectivity index (χ3v) is 5.48. The lowest BCUT2D eigenvalue weighted by atomic mass is 10.2. The maximum Gasteiger partial charge on any atom is 0.278 e. The molecule has 3 rings (SSSR count). The van der Waals surface area contributed by atoms with Crippen molar-refractivity contribution >= 4 is 55.2 Å². The third-order valence-electron chi connectivity index (χ3n) is 3.35. The monoisotopic (exact) mass is 471 g/mol. The summed E-state index contributed by atoms with van der Waals surface area (Å²) in [4.78, 5) is 12.3. The summed E-state index contributed by atoms with van der Waals surface area (Å²) in [6, 6.07) is 9.38. The first-order chi connectivity index (χ1) is 11.4. The molecule has 2 heterocycles. The van der Waals surface area contributed by atoms with Crippen LogP contribution >= 0.6 is 43.5 Å². The van der Waals surface area contributed by atoms with Crippen molar-refractivity contribution in [2.45, 2.75) is 13.5 Å². The van der Waals surface area contributed by atoms with Gasteiger partial charge < -0.3 is 5.32 Å². The van der Waals surface area contributed by atoms with Crippen LogP contribution in [0.2, 0.25) is 5.02 Å². The fourth-order valence-electron chi connectivity index (χ4n) is 2.13. The van der Waals surface area contributed by atoms with Gasteiger partial charge in [-0.15, -0.1) is 0 Å². The van der Waals surface area contributed by atoms with Crippen LogP contribution in [0.15, 0.2) is 39.4 Å². The number of anilines is 1. The molecular formula is C15H12Br2ClN5O. The SMILES string of the molecule is Cc1cc(NC(=O)c2n[nH]c(Br)c2Br)nn1Cc1ccc(Cl)cc1. The second-order valence-electron chi connectivity index (χ2n) is 5.11. The van der Waals surface area contributed by atoms with Crippen molar-refractivity contribution in [1.82, 2.24) is 20.0 Å². The van der Waals surface area contributed by atoms with Gasteiger partial charge in [0, 0.05) is 16.8 Å². The number of nitrogens with one attached hydrogen (secondary N) is 2. The van der Waals surface area contributed by atoms with E-state index in [1.807, 2.05) is 41.9 Å². The van der Waals surface area contributed by atoms with Gasteiger partial charge in [-0.3, -0.25) is 14.6 Å². The Balaban J connectivity index is 1.75. The van der Waals surface area contributed by atoms with E-state index < -0.39 is 0 Å². The van der Waals surface area contributed by atoms with Gasteiger partial charge in [0.2, 0.25) is 0 Å². The molecule has 0 unspecified atom stereocenters. The zero-order chi connectivity index (χ0) is 17.3. The van der Waals surface area contributed by atoms with Crippen LogP contribution in [0.3, 0.4) is 0 Å². The average Bonchev–Trinajstić information content (AvgIpc) is 3.05. The van der Waals surface area contributed by atoms with E-state index in [0.717, 1.165) is 11.3 Å². The molecule has 0 fully saturated rings. The standard InChI is InChI=1S/C15H12Br2ClN5O/c1-8-6-11(19-15(24)13-12(16)14(17)21-20-13)22-23(8)7-9-2-4-10(18)5-3-9/h2-6H,7H2,1H3,(H,20,21)(H,19,22,24). The van der Waals surface area contributed by atoms with Gasteiger partial charge in [0.05, 0.1) is 11.0 Å². The van der Waals surface area contributed by atoms with Crippen molar-refractivity contribution < 1.29 is 4.79 Å². The number of carbonyl (C=O) groups is 1. The maximum atomic E-state index is 12.3. The topological polar surface area (TPSA) is 75.6 Å². The van der Waals surface area contributed by atoms with Crippen LogP contribution in [0.25, 0.3) is 0 Å². The van der Waals surface area contributed by atoms with Crippen LogP contribution in [-0.4, -0.2) is 25.9 Å². The number of H-pyrrole nitrogens is 1. The van der Waals surface area contributed by atoms with Gasteiger partial charge in [0.25, 0.3) is 5.91 Å². The van der Waals surface area contributed by atoms with Gasteiger partial charge in [0.1, 0.15) is 4.60 Å². The number of carbonyl (C=O) groups excluding carboxylic acids is 1. The van der Waals surface area contributed by atoms with E-state index in [9.17, 15) is 4.79 Å². The van der Waals surface area contributed by atoms with Crippen molar-refractivity contribution in [3.05, 3.63) is 61.4 Å². The van der Waals surface area contributed by atoms with Crippen LogP contribution in [0, 0.1) is 6.92 Å². The molecule has 6 nitrogen and oxygen atoms in total. The summed E-state index contributed by atoms with van der Waals surface area (Å²) in [6.45, 7) is 2.52. The van der Waals surface area contributed by atoms with E-state index in [-0.39, 0.29) is 11.6 Å². The van der Waals surface area contributed by atoms with Gasteiger partial charge in [-0.25, -0.2) is 0 Å². The quantitative estimate of drug-likeness (QED) is 0.590. The molecule has 0 saturated carbocycles. The minimum atomic E-state index is -0.347. The van der Waals surface area contributed by atoms with Gasteiger partial charge in [-0.05, 0) is 56.5 Å². The van der Waals surface area contributed by atoms with Crippen molar-refractivity contribution in [1.29, 1.82) is 0 Å². The van der Waals surface area contributed by atoms with Crippen LogP contribution < -0.4 is 5.32 Å². The Labute approximate surface area is 159 Å². The van der Waals surface area contributed by atoms with E-state index in [1.54, 1.807) is 0 Å². The minimum absolute atomic E-state index is 0.256. The second kappa shape index (κ2) is 7.08. The Morgan fingerprint density at radius 3 is 2.67 bits per heavy atom. The molecule has 0 spiro atoms. The number of hydrogen-bond donors (Lipinski definition) is 2. The lowest BCUT2D eigenvalue weighted by Gasteiger charge is -2.04. The molecule has 24 heavy (non-hydrogen) atoms. The lowest BCUT2D eigenvalue weighted by molar-refractivity contribution is 0.102. The lowest BCUT2D eigenvalue weighted by Crippen LogP contribution is -2.14. The third kappa shape index (κ3) is 3.71. The van der Waals surface area contributed by atoms with Crippen LogP contribution in [0.5, 0.6) is 0 Å². The molecule has 1 amide bonds. The molecule has 2 N–H and O–H groups in total. The Bertz CT molecular complexity index is 888. The van der Waals surface area contributed by atoms with E-state index in [1.165, 1.54) is 0 Å². The summed E-state index contributed by atoms with van der Waals surface area (Å²) in [5.74, 6) is 0.123. The van der Waals surface area contributed by atoms with Crippen LogP contribution in [0.1, 0.15) is 21.7 Å². The predicted molar refractivity (Wildman–Crippen MR) is 99.5 cm³/mol. The van der Waals surface area contributed by atoms with Crippen molar-refractivity contribution in [2.24, 2.45) is 0 Å². The van der Waals surface area contributed by atoms with Gasteiger partial charge in [0.15, 0.2) is 11.5 Å². The largest absolute Gasteiger partial charge is 0.304 e. The maximum absolute atomic E-state index is 12.3. The zero-order valence-corrected chi connectivity index (χ0v) is 16.4. The van der Waals surface area contributed by atoms with Crippen LogP contribution in [-0.2, 0) is 6.54 Å². The molecule has 0 aliphatic rings. The molecular weight excluding hydrogens is 461 g/mol. The summed E-state index contributed by atoms with van der Waals surface area (Å²) >= 11 is 12.4. The summed E-state index contributed by atoms with van der Waals surface area (Å²) in [7, 11) is 0. The molecule has 0 aliphatic heterocycles. The number of rotatable bonds is 4. The molecule has 0 saturated heterocycles. The first-order valence-electron chi connectivity index (χ1n) is 6.93. The molecule has 0 atom stereocenters. The number of aromatic nitrogens is 4. The Morgan fingerprint density at radius 1 is 1.33 bits per heavy atom. The zero-order valence-electron chi connectivity index (χ0n) is 12.5. The van der Waals surface area contributed by atoms with Gasteiger partial charge in [-0.2, -0.15) is 10.2 Å². The Morgan fingerprint density at radius 2 is 2.04 bits per heavy atom. The van der Waals surface area contributed by atoms with Crippen LogP contribution in [0.4, 0.5) is 5.82 Å². The highest BCUT2D eigenvalue weighted by molar-refractivity contribution is 9.13. The molecule has 2 aromatic heterocycles. The summed E-state index contributed by atoms with van der Waals surface area (Å²) in [5.41, 5.74) is 2.26. The Hall–Kier alpha value is -1.64. The first kappa shape index (κ1) is 17.2. The molecule has 0 bridgehead atoms. The number of hydrogen-bond acceptors (Lipinski definition) is 3. The van der Waals surface area contributed by atoms with E-state index in [2.05, 4.69) is 52.5 Å². The highest BCUT2D eigenvalue weighted by Gasteiger charge is 2.18. The fourth-order valence-corrected chi connectivity index (χ4v) is 2.89. The number of halogens is 3. The van der Waals surface area contributed by atoms with E-state index in [0.29, 0.717) is 26.5 Å². The highest BCUT2D eigenvalue weighted by Crippen LogP contribution is 2.24. The summed E-state index contributed by atoms with van der Waals surface area (Å²) < 4.78 is 2.99. The number of amides is 1. The number of nitrogens with zero attached hydrogens (tertiary/aromatic N) is 3. The molecule has 3 aromatic rings. The minimum Gasteiger partial charge on any atom is -0.304 e. The molecule has 0 aliphatic carbocycles. The van der Waals surface area contributed by atoms with Gasteiger partial charge >= 0.3 is 0 Å². The fraction of sp³-hybridized carbons (Fsp3) is 0.133. The van der Waals surface area contributed by atoms with E-state index in [4.69, 9.17) is 11.6 Å².